The molecule has 19 heavy (non-hydrogen) atoms. The van der Waals surface area contributed by atoms with Crippen molar-refractivity contribution < 1.29 is 19.4 Å². The number of hydrogen-bond acceptors (Lipinski definition) is 5. The van der Waals surface area contributed by atoms with Crippen LogP contribution in [0.3, 0.4) is 0 Å². The molecule has 0 spiro atoms. The number of nitrogens with zero attached hydrogens (tertiary/aromatic N) is 1. The van der Waals surface area contributed by atoms with Gasteiger partial charge in [0.2, 0.25) is 5.91 Å². The number of aromatic nitrogens is 1. The lowest BCUT2D eigenvalue weighted by atomic mass is 9.99. The number of carboxylic acid groups (broad SMARTS) is 1. The summed E-state index contributed by atoms with van der Waals surface area (Å²) in [4.78, 5) is 26.4. The van der Waals surface area contributed by atoms with E-state index in [0.29, 0.717) is 24.4 Å². The molecule has 4 N–H and O–H groups in total. The van der Waals surface area contributed by atoms with E-state index in [2.05, 4.69) is 10.3 Å². The van der Waals surface area contributed by atoms with Gasteiger partial charge in [-0.3, -0.25) is 14.6 Å². The molecule has 1 saturated heterocycles. The second-order valence-electron chi connectivity index (χ2n) is 4.52. The normalized spacial score (nSPS) is 22.2. The van der Waals surface area contributed by atoms with Crippen LogP contribution in [0.4, 0.5) is 5.69 Å². The largest absolute Gasteiger partial charge is 0.481 e. The van der Waals surface area contributed by atoms with Gasteiger partial charge in [-0.05, 0) is 18.6 Å². The second kappa shape index (κ2) is 5.33. The first-order valence-electron chi connectivity index (χ1n) is 5.84. The molecule has 0 aromatic carbocycles. The van der Waals surface area contributed by atoms with Crippen molar-refractivity contribution in [1.29, 1.82) is 0 Å². The summed E-state index contributed by atoms with van der Waals surface area (Å²) < 4.78 is 5.12. The molecular weight excluding hydrogens is 250 g/mol. The van der Waals surface area contributed by atoms with Crippen molar-refractivity contribution in [3.63, 3.8) is 0 Å². The van der Waals surface area contributed by atoms with Crippen LogP contribution in [0.1, 0.15) is 12.1 Å². The van der Waals surface area contributed by atoms with Crippen LogP contribution in [0.5, 0.6) is 0 Å². The van der Waals surface area contributed by atoms with Crippen LogP contribution < -0.4 is 11.1 Å². The highest BCUT2D eigenvalue weighted by atomic mass is 16.5. The molecule has 1 aliphatic rings. The molecule has 1 aromatic heterocycles. The molecule has 1 atom stereocenters. The summed E-state index contributed by atoms with van der Waals surface area (Å²) in [6, 6.07) is 3.15. The van der Waals surface area contributed by atoms with Gasteiger partial charge in [0.15, 0.2) is 0 Å². The number of aliphatic carboxylic acids is 1. The number of carboxylic acids is 1. The summed E-state index contributed by atoms with van der Waals surface area (Å²) in [5.41, 5.74) is 5.82. The minimum Gasteiger partial charge on any atom is -0.481 e. The van der Waals surface area contributed by atoms with Crippen LogP contribution in [-0.4, -0.2) is 40.7 Å². The molecule has 102 valence electrons. The van der Waals surface area contributed by atoms with Crippen molar-refractivity contribution in [2.75, 3.05) is 18.5 Å². The highest BCUT2D eigenvalue weighted by molar-refractivity contribution is 5.98. The zero-order valence-corrected chi connectivity index (χ0v) is 10.3. The van der Waals surface area contributed by atoms with Crippen molar-refractivity contribution in [2.24, 2.45) is 5.73 Å². The molecule has 1 fully saturated rings. The Morgan fingerprint density at radius 1 is 1.53 bits per heavy atom. The number of nitrogens with two attached hydrogens (primary N) is 1. The van der Waals surface area contributed by atoms with Crippen LogP contribution in [0.25, 0.3) is 0 Å². The molecule has 0 saturated carbocycles. The lowest BCUT2D eigenvalue weighted by Gasteiger charge is -2.20. The maximum absolute atomic E-state index is 12.0. The minimum absolute atomic E-state index is 0.150. The first-order chi connectivity index (χ1) is 8.99. The molecule has 1 amide bonds. The third-order valence-corrected chi connectivity index (χ3v) is 2.92. The summed E-state index contributed by atoms with van der Waals surface area (Å²) in [6.07, 6.45) is 1.74. The minimum atomic E-state index is -1.00. The maximum Gasteiger partial charge on any atom is 0.309 e. The van der Waals surface area contributed by atoms with Crippen LogP contribution in [-0.2, 0) is 20.7 Å². The van der Waals surface area contributed by atoms with E-state index in [9.17, 15) is 9.59 Å². The molecule has 7 heteroatoms. The zero-order valence-electron chi connectivity index (χ0n) is 10.3. The summed E-state index contributed by atoms with van der Waals surface area (Å²) >= 11 is 0. The number of pyridine rings is 1. The fourth-order valence-electron chi connectivity index (χ4n) is 1.77. The standard InChI is InChI=1S/C12H15N3O4/c13-12(3-4-19-7-12)11(18)15-9-2-1-8(14-6-9)5-10(16)17/h1-2,6H,3-5,7,13H2,(H,15,18)(H,16,17). The van der Waals surface area contributed by atoms with Gasteiger partial charge in [0.1, 0.15) is 5.54 Å². The van der Waals surface area contributed by atoms with Gasteiger partial charge in [0.05, 0.1) is 30.6 Å². The summed E-state index contributed by atoms with van der Waals surface area (Å²) in [7, 11) is 0. The highest BCUT2D eigenvalue weighted by Crippen LogP contribution is 2.18. The smallest absolute Gasteiger partial charge is 0.309 e. The molecule has 0 aliphatic carbocycles. The Morgan fingerprint density at radius 3 is 2.84 bits per heavy atom. The van der Waals surface area contributed by atoms with Crippen molar-refractivity contribution >= 4 is 17.6 Å². The first-order valence-corrected chi connectivity index (χ1v) is 5.84. The first kappa shape index (κ1) is 13.4. The Balaban J connectivity index is 1.99. The van der Waals surface area contributed by atoms with E-state index in [1.807, 2.05) is 0 Å². The van der Waals surface area contributed by atoms with Crippen LogP contribution >= 0.6 is 0 Å². The van der Waals surface area contributed by atoms with Gasteiger partial charge in [-0.15, -0.1) is 0 Å². The lowest BCUT2D eigenvalue weighted by Crippen LogP contribution is -2.51. The number of amides is 1. The number of ether oxygens (including phenoxy) is 1. The molecule has 1 unspecified atom stereocenters. The zero-order chi connectivity index (χ0) is 13.9. The van der Waals surface area contributed by atoms with Gasteiger partial charge >= 0.3 is 5.97 Å². The van der Waals surface area contributed by atoms with E-state index in [0.717, 1.165) is 0 Å². The van der Waals surface area contributed by atoms with Crippen LogP contribution in [0.2, 0.25) is 0 Å². The van der Waals surface area contributed by atoms with E-state index in [1.54, 1.807) is 12.1 Å². The van der Waals surface area contributed by atoms with E-state index in [-0.39, 0.29) is 18.9 Å². The highest BCUT2D eigenvalue weighted by Gasteiger charge is 2.38. The summed E-state index contributed by atoms with van der Waals surface area (Å²) in [5, 5.41) is 11.3. The van der Waals surface area contributed by atoms with E-state index in [4.69, 9.17) is 15.6 Å². The van der Waals surface area contributed by atoms with E-state index in [1.165, 1.54) is 6.20 Å². The Kier molecular flexibility index (Phi) is 3.77. The SMILES string of the molecule is NC1(C(=O)Nc2ccc(CC(=O)O)nc2)CCOC1. The molecule has 2 heterocycles. The Bertz CT molecular complexity index is 480. The van der Waals surface area contributed by atoms with Crippen molar-refractivity contribution in [1.82, 2.24) is 4.98 Å². The van der Waals surface area contributed by atoms with Gasteiger partial charge < -0.3 is 20.9 Å². The molecule has 0 radical (unpaired) electrons. The lowest BCUT2D eigenvalue weighted by molar-refractivity contribution is -0.136. The number of anilines is 1. The number of nitrogens with one attached hydrogen (secondary N) is 1. The maximum atomic E-state index is 12.0. The van der Waals surface area contributed by atoms with Crippen LogP contribution in [0, 0.1) is 0 Å². The fourth-order valence-corrected chi connectivity index (χ4v) is 1.77. The average Bonchev–Trinajstić information content (AvgIpc) is 2.79. The second-order valence-corrected chi connectivity index (χ2v) is 4.52. The Morgan fingerprint density at radius 2 is 2.32 bits per heavy atom. The quantitative estimate of drug-likeness (QED) is 0.692. The predicted molar refractivity (Wildman–Crippen MR) is 66.6 cm³/mol. The van der Waals surface area contributed by atoms with E-state index < -0.39 is 11.5 Å². The number of carbonyl (C=O) groups excluding carboxylic acids is 1. The van der Waals surface area contributed by atoms with Crippen molar-refractivity contribution in [2.45, 2.75) is 18.4 Å². The third kappa shape index (κ3) is 3.27. The van der Waals surface area contributed by atoms with Gasteiger partial charge in [-0.25, -0.2) is 0 Å². The Hall–Kier alpha value is -1.99. The number of carbonyl (C=O) groups is 2. The number of rotatable bonds is 4. The van der Waals surface area contributed by atoms with Crippen molar-refractivity contribution in [3.05, 3.63) is 24.0 Å². The predicted octanol–water partition coefficient (Wildman–Crippen LogP) is -0.235. The molecule has 7 nitrogen and oxygen atoms in total. The van der Waals surface area contributed by atoms with Crippen LogP contribution in [0.15, 0.2) is 18.3 Å². The molecule has 1 aliphatic heterocycles. The van der Waals surface area contributed by atoms with Crippen molar-refractivity contribution in [3.8, 4) is 0 Å². The fraction of sp³-hybridized carbons (Fsp3) is 0.417. The topological polar surface area (TPSA) is 115 Å². The van der Waals surface area contributed by atoms with Gasteiger partial charge in [0.25, 0.3) is 0 Å². The summed E-state index contributed by atoms with van der Waals surface area (Å²) in [5.74, 6) is -1.27. The molecule has 1 aromatic rings. The Labute approximate surface area is 109 Å². The monoisotopic (exact) mass is 265 g/mol. The number of hydrogen-bond donors (Lipinski definition) is 3. The third-order valence-electron chi connectivity index (χ3n) is 2.92. The molecule has 0 bridgehead atoms. The summed E-state index contributed by atoms with van der Waals surface area (Å²) in [6.45, 7) is 0.670. The van der Waals surface area contributed by atoms with Gasteiger partial charge in [-0.2, -0.15) is 0 Å². The van der Waals surface area contributed by atoms with Gasteiger partial charge in [-0.1, -0.05) is 0 Å². The molecular formula is C12H15N3O4. The van der Waals surface area contributed by atoms with Gasteiger partial charge in [0, 0.05) is 6.61 Å². The average molecular weight is 265 g/mol. The van der Waals surface area contributed by atoms with E-state index >= 15 is 0 Å². The molecule has 2 rings (SSSR count).